The van der Waals surface area contributed by atoms with Gasteiger partial charge in [0.1, 0.15) is 5.15 Å². The Bertz CT molecular complexity index is 358. The maximum atomic E-state index is 6.13. The van der Waals surface area contributed by atoms with Gasteiger partial charge in [-0.25, -0.2) is 4.98 Å². The number of halogens is 2. The van der Waals surface area contributed by atoms with Crippen molar-refractivity contribution in [3.63, 3.8) is 0 Å². The van der Waals surface area contributed by atoms with E-state index < -0.39 is 0 Å². The van der Waals surface area contributed by atoms with Crippen LogP contribution in [-0.2, 0) is 11.3 Å². The second kappa shape index (κ2) is 7.17. The molecule has 1 aromatic rings. The summed E-state index contributed by atoms with van der Waals surface area (Å²) in [6.07, 6.45) is 1.73. The Morgan fingerprint density at radius 1 is 1.41 bits per heavy atom. The number of ether oxygens (including phenoxy) is 1. The molecule has 5 heteroatoms. The van der Waals surface area contributed by atoms with E-state index in [1.54, 1.807) is 19.4 Å². The van der Waals surface area contributed by atoms with Crippen LogP contribution in [0.2, 0.25) is 10.2 Å². The van der Waals surface area contributed by atoms with Crippen molar-refractivity contribution in [3.05, 3.63) is 28.0 Å². The Morgan fingerprint density at radius 2 is 2.12 bits per heavy atom. The second-order valence-corrected chi connectivity index (χ2v) is 4.95. The lowest BCUT2D eigenvalue weighted by Crippen LogP contribution is -2.33. The maximum absolute atomic E-state index is 6.13. The molecular formula is C12H18Cl2N2O. The van der Waals surface area contributed by atoms with Crippen molar-refractivity contribution in [1.82, 2.24) is 9.88 Å². The zero-order chi connectivity index (χ0) is 12.8. The summed E-state index contributed by atoms with van der Waals surface area (Å²) < 4.78 is 5.10. The van der Waals surface area contributed by atoms with Gasteiger partial charge in [0, 0.05) is 43.0 Å². The van der Waals surface area contributed by atoms with Crippen molar-refractivity contribution in [2.45, 2.75) is 26.4 Å². The Morgan fingerprint density at radius 3 is 2.65 bits per heavy atom. The average Bonchev–Trinajstić information content (AvgIpc) is 2.26. The zero-order valence-electron chi connectivity index (χ0n) is 10.4. The highest BCUT2D eigenvalue weighted by Crippen LogP contribution is 2.20. The molecule has 0 N–H and O–H groups in total. The number of hydrogen-bond acceptors (Lipinski definition) is 3. The first-order valence-corrected chi connectivity index (χ1v) is 6.33. The van der Waals surface area contributed by atoms with Gasteiger partial charge in [0.05, 0.1) is 6.61 Å². The van der Waals surface area contributed by atoms with Gasteiger partial charge in [-0.1, -0.05) is 23.2 Å². The summed E-state index contributed by atoms with van der Waals surface area (Å²) in [5.41, 5.74) is 0.987. The third-order valence-electron chi connectivity index (χ3n) is 2.58. The normalized spacial score (nSPS) is 11.5. The van der Waals surface area contributed by atoms with Gasteiger partial charge in [0.15, 0.2) is 0 Å². The van der Waals surface area contributed by atoms with Crippen molar-refractivity contribution >= 4 is 23.2 Å². The molecule has 0 fully saturated rings. The van der Waals surface area contributed by atoms with E-state index in [1.165, 1.54) is 0 Å². The van der Waals surface area contributed by atoms with E-state index in [9.17, 15) is 0 Å². The van der Waals surface area contributed by atoms with Gasteiger partial charge in [0.25, 0.3) is 0 Å². The van der Waals surface area contributed by atoms with E-state index in [2.05, 4.69) is 23.7 Å². The van der Waals surface area contributed by atoms with E-state index in [1.807, 2.05) is 0 Å². The Kier molecular flexibility index (Phi) is 6.20. The number of rotatable bonds is 6. The molecule has 0 bridgehead atoms. The summed E-state index contributed by atoms with van der Waals surface area (Å²) in [6, 6.07) is 2.10. The Balaban J connectivity index is 2.71. The van der Waals surface area contributed by atoms with E-state index in [4.69, 9.17) is 27.9 Å². The highest BCUT2D eigenvalue weighted by atomic mass is 35.5. The van der Waals surface area contributed by atoms with Crippen molar-refractivity contribution < 1.29 is 4.74 Å². The molecule has 1 rings (SSSR count). The fourth-order valence-corrected chi connectivity index (χ4v) is 1.92. The molecule has 0 aromatic carbocycles. The molecule has 0 atom stereocenters. The van der Waals surface area contributed by atoms with E-state index in [-0.39, 0.29) is 0 Å². The molecule has 3 nitrogen and oxygen atoms in total. The molecule has 0 saturated heterocycles. The minimum absolute atomic E-state index is 0.423. The molecule has 0 spiro atoms. The van der Waals surface area contributed by atoms with Crippen LogP contribution in [0.25, 0.3) is 0 Å². The summed E-state index contributed by atoms with van der Waals surface area (Å²) in [7, 11) is 1.70. The number of hydrogen-bond donors (Lipinski definition) is 0. The van der Waals surface area contributed by atoms with Crippen molar-refractivity contribution in [2.75, 3.05) is 20.3 Å². The largest absolute Gasteiger partial charge is 0.383 e. The van der Waals surface area contributed by atoms with Crippen LogP contribution < -0.4 is 0 Å². The van der Waals surface area contributed by atoms with Crippen molar-refractivity contribution in [2.24, 2.45) is 0 Å². The van der Waals surface area contributed by atoms with Crippen LogP contribution in [0, 0.1) is 0 Å². The minimum atomic E-state index is 0.423. The van der Waals surface area contributed by atoms with Crippen LogP contribution in [-0.4, -0.2) is 36.2 Å². The third kappa shape index (κ3) is 4.80. The molecule has 0 radical (unpaired) electrons. The third-order valence-corrected chi connectivity index (χ3v) is 3.14. The topological polar surface area (TPSA) is 25.4 Å². The van der Waals surface area contributed by atoms with Crippen LogP contribution in [0.4, 0.5) is 0 Å². The molecule has 0 aliphatic rings. The standard InChI is InChI=1S/C12H18Cl2N2O/c1-9(2)16(4-5-17-3)8-10-7-15-12(14)6-11(10)13/h6-7,9H,4-5,8H2,1-3H3. The lowest BCUT2D eigenvalue weighted by molar-refractivity contribution is 0.125. The summed E-state index contributed by atoms with van der Waals surface area (Å²) in [4.78, 5) is 6.33. The van der Waals surface area contributed by atoms with Crippen LogP contribution >= 0.6 is 23.2 Å². The predicted molar refractivity (Wildman–Crippen MR) is 71.7 cm³/mol. The molecule has 0 saturated carbocycles. The van der Waals surface area contributed by atoms with Gasteiger partial charge in [-0.2, -0.15) is 0 Å². The van der Waals surface area contributed by atoms with Crippen molar-refractivity contribution in [3.8, 4) is 0 Å². The van der Waals surface area contributed by atoms with Crippen LogP contribution in [0.1, 0.15) is 19.4 Å². The number of methoxy groups -OCH3 is 1. The Hall–Kier alpha value is -0.350. The SMILES string of the molecule is COCCN(Cc1cnc(Cl)cc1Cl)C(C)C. The van der Waals surface area contributed by atoms with Gasteiger partial charge < -0.3 is 4.74 Å². The molecule has 0 amide bonds. The van der Waals surface area contributed by atoms with Gasteiger partial charge in [0.2, 0.25) is 0 Å². The summed E-state index contributed by atoms with van der Waals surface area (Å²) in [5.74, 6) is 0. The first-order valence-electron chi connectivity index (χ1n) is 5.57. The van der Waals surface area contributed by atoms with Crippen LogP contribution in [0.15, 0.2) is 12.3 Å². The van der Waals surface area contributed by atoms with Gasteiger partial charge in [-0.15, -0.1) is 0 Å². The Labute approximate surface area is 113 Å². The highest BCUT2D eigenvalue weighted by Gasteiger charge is 2.12. The summed E-state index contributed by atoms with van der Waals surface area (Å²) in [6.45, 7) is 6.62. The van der Waals surface area contributed by atoms with Gasteiger partial charge >= 0.3 is 0 Å². The minimum Gasteiger partial charge on any atom is -0.383 e. The molecule has 0 aliphatic carbocycles. The monoisotopic (exact) mass is 276 g/mol. The van der Waals surface area contributed by atoms with Crippen molar-refractivity contribution in [1.29, 1.82) is 0 Å². The molecule has 96 valence electrons. The first kappa shape index (κ1) is 14.7. The number of nitrogens with zero attached hydrogens (tertiary/aromatic N) is 2. The molecule has 17 heavy (non-hydrogen) atoms. The number of aromatic nitrogens is 1. The average molecular weight is 277 g/mol. The zero-order valence-corrected chi connectivity index (χ0v) is 11.9. The summed E-state index contributed by atoms with van der Waals surface area (Å²) >= 11 is 11.9. The van der Waals surface area contributed by atoms with Crippen LogP contribution in [0.3, 0.4) is 0 Å². The lowest BCUT2D eigenvalue weighted by Gasteiger charge is -2.26. The summed E-state index contributed by atoms with van der Waals surface area (Å²) in [5, 5.41) is 1.08. The lowest BCUT2D eigenvalue weighted by atomic mass is 10.2. The fraction of sp³-hybridized carbons (Fsp3) is 0.583. The highest BCUT2D eigenvalue weighted by molar-refractivity contribution is 6.34. The fourth-order valence-electron chi connectivity index (χ4n) is 1.50. The molecular weight excluding hydrogens is 259 g/mol. The second-order valence-electron chi connectivity index (χ2n) is 4.16. The van der Waals surface area contributed by atoms with E-state index in [0.29, 0.717) is 22.8 Å². The van der Waals surface area contributed by atoms with E-state index >= 15 is 0 Å². The molecule has 1 heterocycles. The molecule has 0 unspecified atom stereocenters. The first-order chi connectivity index (χ1) is 8.04. The van der Waals surface area contributed by atoms with E-state index in [0.717, 1.165) is 18.7 Å². The number of pyridine rings is 1. The molecule has 1 aromatic heterocycles. The maximum Gasteiger partial charge on any atom is 0.130 e. The predicted octanol–water partition coefficient (Wildman–Crippen LogP) is 3.25. The van der Waals surface area contributed by atoms with Crippen LogP contribution in [0.5, 0.6) is 0 Å². The van der Waals surface area contributed by atoms with Gasteiger partial charge in [-0.3, -0.25) is 4.90 Å². The molecule has 0 aliphatic heterocycles. The smallest absolute Gasteiger partial charge is 0.130 e. The van der Waals surface area contributed by atoms with Gasteiger partial charge in [-0.05, 0) is 19.9 Å². The quantitative estimate of drug-likeness (QED) is 0.746.